The summed E-state index contributed by atoms with van der Waals surface area (Å²) >= 11 is 0. The monoisotopic (exact) mass is 425 g/mol. The summed E-state index contributed by atoms with van der Waals surface area (Å²) in [6, 6.07) is 24.6. The summed E-state index contributed by atoms with van der Waals surface area (Å²) in [4.78, 5) is 25.1. The number of carbonyl (C=O) groups excluding carboxylic acids is 2. The molecule has 4 aromatic rings. The van der Waals surface area contributed by atoms with Crippen molar-refractivity contribution >= 4 is 28.9 Å². The predicted molar refractivity (Wildman–Crippen MR) is 125 cm³/mol. The first-order valence-electron chi connectivity index (χ1n) is 10.4. The number of aromatic nitrogens is 1. The highest BCUT2D eigenvalue weighted by molar-refractivity contribution is 6.07. The van der Waals surface area contributed by atoms with Gasteiger partial charge in [0.05, 0.1) is 17.7 Å². The quantitative estimate of drug-likeness (QED) is 0.225. The Kier molecular flexibility index (Phi) is 6.17. The van der Waals surface area contributed by atoms with Crippen LogP contribution in [0.1, 0.15) is 28.5 Å². The maximum Gasteiger partial charge on any atom is 0.340 e. The second-order valence-electron chi connectivity index (χ2n) is 7.20. The van der Waals surface area contributed by atoms with Gasteiger partial charge in [-0.3, -0.25) is 0 Å². The molecule has 4 rings (SSSR count). The van der Waals surface area contributed by atoms with E-state index >= 15 is 0 Å². The molecule has 0 saturated heterocycles. The van der Waals surface area contributed by atoms with E-state index in [1.165, 1.54) is 6.08 Å². The van der Waals surface area contributed by atoms with E-state index in [2.05, 4.69) is 0 Å². The Bertz CT molecular complexity index is 1290. The third-order valence-corrected chi connectivity index (χ3v) is 5.10. The van der Waals surface area contributed by atoms with Crippen LogP contribution >= 0.6 is 0 Å². The van der Waals surface area contributed by atoms with E-state index < -0.39 is 11.9 Å². The van der Waals surface area contributed by atoms with Crippen molar-refractivity contribution < 1.29 is 19.1 Å². The molecule has 5 heteroatoms. The SMILES string of the molecule is CCOC(=O)c1c(C)n(-c2ccccc2)c2ccc(OC(=O)/C=C/c3ccccc3)cc12. The molecular weight excluding hydrogens is 402 g/mol. The van der Waals surface area contributed by atoms with E-state index in [1.54, 1.807) is 25.1 Å². The van der Waals surface area contributed by atoms with E-state index in [-0.39, 0.29) is 6.61 Å². The highest BCUT2D eigenvalue weighted by Gasteiger charge is 2.22. The maximum absolute atomic E-state index is 12.8. The lowest BCUT2D eigenvalue weighted by Crippen LogP contribution is -2.07. The van der Waals surface area contributed by atoms with E-state index in [0.717, 1.165) is 22.5 Å². The van der Waals surface area contributed by atoms with Crippen LogP contribution in [-0.2, 0) is 9.53 Å². The summed E-state index contributed by atoms with van der Waals surface area (Å²) in [6.07, 6.45) is 3.08. The van der Waals surface area contributed by atoms with Crippen LogP contribution in [-0.4, -0.2) is 23.1 Å². The van der Waals surface area contributed by atoms with Gasteiger partial charge in [-0.2, -0.15) is 0 Å². The number of esters is 2. The molecule has 0 radical (unpaired) electrons. The zero-order valence-electron chi connectivity index (χ0n) is 17.9. The Morgan fingerprint density at radius 3 is 2.31 bits per heavy atom. The molecule has 0 bridgehead atoms. The number of hydrogen-bond acceptors (Lipinski definition) is 4. The first-order chi connectivity index (χ1) is 15.6. The number of nitrogens with zero attached hydrogens (tertiary/aromatic N) is 1. The van der Waals surface area contributed by atoms with Crippen LogP contribution in [0.3, 0.4) is 0 Å². The standard InChI is InChI=1S/C27H23NO4/c1-3-31-27(30)26-19(2)28(21-12-8-5-9-13-21)24-16-15-22(18-23(24)26)32-25(29)17-14-20-10-6-4-7-11-20/h4-18H,3H2,1-2H3/b17-14+. The van der Waals surface area contributed by atoms with Gasteiger partial charge in [0.25, 0.3) is 0 Å². The van der Waals surface area contributed by atoms with Gasteiger partial charge in [-0.1, -0.05) is 48.5 Å². The van der Waals surface area contributed by atoms with E-state index in [0.29, 0.717) is 16.7 Å². The smallest absolute Gasteiger partial charge is 0.340 e. The van der Waals surface area contributed by atoms with Gasteiger partial charge in [-0.05, 0) is 55.8 Å². The van der Waals surface area contributed by atoms with Gasteiger partial charge < -0.3 is 14.0 Å². The van der Waals surface area contributed by atoms with E-state index in [1.807, 2.05) is 78.2 Å². The van der Waals surface area contributed by atoms with E-state index in [4.69, 9.17) is 9.47 Å². The van der Waals surface area contributed by atoms with Gasteiger partial charge in [-0.25, -0.2) is 9.59 Å². The minimum atomic E-state index is -0.495. The van der Waals surface area contributed by atoms with Crippen molar-refractivity contribution in [3.63, 3.8) is 0 Å². The third kappa shape index (κ3) is 4.32. The second-order valence-corrected chi connectivity index (χ2v) is 7.20. The first kappa shape index (κ1) is 21.1. The van der Waals surface area contributed by atoms with Gasteiger partial charge in [0.1, 0.15) is 5.75 Å². The van der Waals surface area contributed by atoms with Crippen LogP contribution in [0, 0.1) is 6.92 Å². The van der Waals surface area contributed by atoms with E-state index in [9.17, 15) is 9.59 Å². The minimum absolute atomic E-state index is 0.273. The Morgan fingerprint density at radius 2 is 1.62 bits per heavy atom. The number of carbonyl (C=O) groups is 2. The van der Waals surface area contributed by atoms with Gasteiger partial charge in [-0.15, -0.1) is 0 Å². The van der Waals surface area contributed by atoms with Crippen LogP contribution in [0.15, 0.2) is 84.9 Å². The fourth-order valence-corrected chi connectivity index (χ4v) is 3.71. The molecule has 1 aromatic heterocycles. The van der Waals surface area contributed by atoms with Crippen molar-refractivity contribution in [3.05, 3.63) is 102 Å². The molecular formula is C27H23NO4. The summed E-state index contributed by atoms with van der Waals surface area (Å²) in [7, 11) is 0. The Hall–Kier alpha value is -4.12. The molecule has 32 heavy (non-hydrogen) atoms. The maximum atomic E-state index is 12.8. The van der Waals surface area contributed by atoms with Crippen LogP contribution in [0.2, 0.25) is 0 Å². The second kappa shape index (κ2) is 9.35. The third-order valence-electron chi connectivity index (χ3n) is 5.10. The van der Waals surface area contributed by atoms with Crippen molar-refractivity contribution in [2.45, 2.75) is 13.8 Å². The molecule has 3 aromatic carbocycles. The molecule has 1 heterocycles. The fraction of sp³-hybridized carbons (Fsp3) is 0.111. The zero-order chi connectivity index (χ0) is 22.5. The molecule has 0 amide bonds. The predicted octanol–water partition coefficient (Wildman–Crippen LogP) is 5.73. The highest BCUT2D eigenvalue weighted by atomic mass is 16.5. The molecule has 0 spiro atoms. The summed E-state index contributed by atoms with van der Waals surface area (Å²) in [5, 5.41) is 0.669. The molecule has 0 aliphatic carbocycles. The van der Waals surface area contributed by atoms with Crippen molar-refractivity contribution in [3.8, 4) is 11.4 Å². The minimum Gasteiger partial charge on any atom is -0.462 e. The summed E-state index contributed by atoms with van der Waals surface area (Å²) in [5.41, 5.74) is 3.89. The zero-order valence-corrected chi connectivity index (χ0v) is 17.9. The Morgan fingerprint density at radius 1 is 0.938 bits per heavy atom. The highest BCUT2D eigenvalue weighted by Crippen LogP contribution is 2.32. The molecule has 0 atom stereocenters. The average Bonchev–Trinajstić information content (AvgIpc) is 3.10. The molecule has 0 aliphatic rings. The van der Waals surface area contributed by atoms with Crippen molar-refractivity contribution in [1.82, 2.24) is 4.57 Å². The lowest BCUT2D eigenvalue weighted by molar-refractivity contribution is -0.128. The van der Waals surface area contributed by atoms with Crippen molar-refractivity contribution in [2.75, 3.05) is 6.61 Å². The van der Waals surface area contributed by atoms with Crippen LogP contribution in [0.5, 0.6) is 5.75 Å². The number of ether oxygens (including phenoxy) is 2. The molecule has 0 saturated carbocycles. The number of hydrogen-bond donors (Lipinski definition) is 0. The summed E-state index contributed by atoms with van der Waals surface area (Å²) in [5.74, 6) is -0.543. The van der Waals surface area contributed by atoms with Gasteiger partial charge in [0, 0.05) is 22.8 Å². The summed E-state index contributed by atoms with van der Waals surface area (Å²) < 4.78 is 12.8. The van der Waals surface area contributed by atoms with Crippen LogP contribution in [0.4, 0.5) is 0 Å². The molecule has 5 nitrogen and oxygen atoms in total. The van der Waals surface area contributed by atoms with Gasteiger partial charge >= 0.3 is 11.9 Å². The molecule has 160 valence electrons. The lowest BCUT2D eigenvalue weighted by atomic mass is 10.1. The molecule has 0 N–H and O–H groups in total. The van der Waals surface area contributed by atoms with Crippen molar-refractivity contribution in [1.29, 1.82) is 0 Å². The van der Waals surface area contributed by atoms with Crippen LogP contribution in [0.25, 0.3) is 22.7 Å². The molecule has 0 unspecified atom stereocenters. The molecule has 0 fully saturated rings. The Labute approximate surface area is 186 Å². The topological polar surface area (TPSA) is 57.5 Å². The lowest BCUT2D eigenvalue weighted by Gasteiger charge is -2.08. The number of para-hydroxylation sites is 1. The number of fused-ring (bicyclic) bond motifs is 1. The number of benzene rings is 3. The van der Waals surface area contributed by atoms with Gasteiger partial charge in [0.15, 0.2) is 0 Å². The van der Waals surface area contributed by atoms with Gasteiger partial charge in [0.2, 0.25) is 0 Å². The largest absolute Gasteiger partial charge is 0.462 e. The Balaban J connectivity index is 1.72. The first-order valence-corrected chi connectivity index (χ1v) is 10.4. The van der Waals surface area contributed by atoms with Crippen LogP contribution < -0.4 is 4.74 Å². The molecule has 0 aliphatic heterocycles. The normalized spacial score (nSPS) is 11.1. The number of rotatable bonds is 6. The summed E-state index contributed by atoms with van der Waals surface area (Å²) in [6.45, 7) is 3.93. The fourth-order valence-electron chi connectivity index (χ4n) is 3.71. The average molecular weight is 425 g/mol. The van der Waals surface area contributed by atoms with Crippen molar-refractivity contribution in [2.24, 2.45) is 0 Å².